The van der Waals surface area contributed by atoms with Crippen LogP contribution >= 0.6 is 11.3 Å². The zero-order valence-corrected chi connectivity index (χ0v) is 14.5. The Morgan fingerprint density at radius 2 is 2.17 bits per heavy atom. The number of amides is 1. The number of nitrogens with zero attached hydrogens (tertiary/aromatic N) is 2. The van der Waals surface area contributed by atoms with Crippen molar-refractivity contribution in [1.29, 1.82) is 0 Å². The van der Waals surface area contributed by atoms with Crippen molar-refractivity contribution < 1.29 is 23.1 Å². The average molecular weight is 361 g/mol. The smallest absolute Gasteiger partial charge is 0.347 e. The van der Waals surface area contributed by atoms with Gasteiger partial charge in [-0.3, -0.25) is 4.79 Å². The topological polar surface area (TPSA) is 117 Å². The summed E-state index contributed by atoms with van der Waals surface area (Å²) in [4.78, 5) is 27.3. The molecule has 1 amide bonds. The van der Waals surface area contributed by atoms with Gasteiger partial charge in [0.05, 0.1) is 17.5 Å². The van der Waals surface area contributed by atoms with Crippen LogP contribution in [0.2, 0.25) is 0 Å². The van der Waals surface area contributed by atoms with Crippen LogP contribution in [0.1, 0.15) is 46.2 Å². The van der Waals surface area contributed by atoms with Crippen LogP contribution < -0.4 is 5.32 Å². The van der Waals surface area contributed by atoms with Gasteiger partial charge in [0.15, 0.2) is 0 Å². The SMILES string of the molecule is Cc1nc(C(C)NC(=O)CCN2CCCS2(=O)=O)sc1C(=O)O. The van der Waals surface area contributed by atoms with Gasteiger partial charge < -0.3 is 10.4 Å². The van der Waals surface area contributed by atoms with E-state index in [0.717, 1.165) is 11.3 Å². The molecule has 1 saturated heterocycles. The molecule has 2 rings (SSSR count). The van der Waals surface area contributed by atoms with E-state index in [1.165, 1.54) is 4.31 Å². The van der Waals surface area contributed by atoms with Crippen molar-refractivity contribution in [3.05, 3.63) is 15.6 Å². The zero-order chi connectivity index (χ0) is 17.2. The van der Waals surface area contributed by atoms with Crippen molar-refractivity contribution >= 4 is 33.2 Å². The summed E-state index contributed by atoms with van der Waals surface area (Å²) >= 11 is 1.03. The summed E-state index contributed by atoms with van der Waals surface area (Å²) in [5.41, 5.74) is 0.418. The number of carbonyl (C=O) groups is 2. The fourth-order valence-corrected chi connectivity index (χ4v) is 4.78. The minimum Gasteiger partial charge on any atom is -0.477 e. The van der Waals surface area contributed by atoms with Crippen molar-refractivity contribution in [2.24, 2.45) is 0 Å². The molecule has 128 valence electrons. The minimum absolute atomic E-state index is 0.0692. The molecule has 1 unspecified atom stereocenters. The van der Waals surface area contributed by atoms with Gasteiger partial charge in [0.25, 0.3) is 0 Å². The molecule has 0 saturated carbocycles. The summed E-state index contributed by atoms with van der Waals surface area (Å²) in [5.74, 6) is -1.19. The first-order valence-electron chi connectivity index (χ1n) is 7.18. The molecule has 2 heterocycles. The molecule has 0 spiro atoms. The Balaban J connectivity index is 1.90. The van der Waals surface area contributed by atoms with Gasteiger partial charge in [0.2, 0.25) is 15.9 Å². The van der Waals surface area contributed by atoms with Gasteiger partial charge >= 0.3 is 5.97 Å². The molecule has 1 atom stereocenters. The van der Waals surface area contributed by atoms with Crippen LogP contribution in [-0.4, -0.2) is 53.5 Å². The standard InChI is InChI=1S/C13H19N3O5S2/c1-8-11(13(18)19)22-12(15-8)9(2)14-10(17)4-6-16-5-3-7-23(16,20)21/h9H,3-7H2,1-2H3,(H,14,17)(H,18,19). The van der Waals surface area contributed by atoms with E-state index in [1.807, 2.05) is 0 Å². The fraction of sp³-hybridized carbons (Fsp3) is 0.615. The Labute approximate surface area is 138 Å². The van der Waals surface area contributed by atoms with E-state index in [-0.39, 0.29) is 29.5 Å². The quantitative estimate of drug-likeness (QED) is 0.772. The summed E-state index contributed by atoms with van der Waals surface area (Å²) in [6.07, 6.45) is 0.663. The first-order valence-corrected chi connectivity index (χ1v) is 9.61. The first-order chi connectivity index (χ1) is 10.7. The number of rotatable bonds is 6. The van der Waals surface area contributed by atoms with Crippen molar-refractivity contribution in [2.45, 2.75) is 32.7 Å². The molecule has 10 heteroatoms. The molecular formula is C13H19N3O5S2. The normalized spacial score (nSPS) is 18.7. The molecule has 8 nitrogen and oxygen atoms in total. The Bertz CT molecular complexity index is 713. The number of hydrogen-bond acceptors (Lipinski definition) is 6. The van der Waals surface area contributed by atoms with Gasteiger partial charge in [0.1, 0.15) is 9.88 Å². The number of aryl methyl sites for hydroxylation is 1. The second-order valence-electron chi connectivity index (χ2n) is 5.38. The summed E-state index contributed by atoms with van der Waals surface area (Å²) < 4.78 is 24.6. The summed E-state index contributed by atoms with van der Waals surface area (Å²) in [7, 11) is -3.20. The Hall–Kier alpha value is -1.52. The number of carbonyl (C=O) groups excluding carboxylic acids is 1. The van der Waals surface area contributed by atoms with Crippen LogP contribution in [0.3, 0.4) is 0 Å². The van der Waals surface area contributed by atoms with Crippen LogP contribution in [0.15, 0.2) is 0 Å². The summed E-state index contributed by atoms with van der Waals surface area (Å²) in [6.45, 7) is 3.95. The van der Waals surface area contributed by atoms with Crippen molar-refractivity contribution in [3.63, 3.8) is 0 Å². The van der Waals surface area contributed by atoms with E-state index >= 15 is 0 Å². The molecule has 0 aromatic carbocycles. The van der Waals surface area contributed by atoms with E-state index in [9.17, 15) is 18.0 Å². The maximum atomic E-state index is 11.9. The summed E-state index contributed by atoms with van der Waals surface area (Å²) in [6, 6.07) is -0.422. The van der Waals surface area contributed by atoms with E-state index in [2.05, 4.69) is 10.3 Å². The lowest BCUT2D eigenvalue weighted by atomic mass is 10.3. The van der Waals surface area contributed by atoms with E-state index < -0.39 is 22.0 Å². The highest BCUT2D eigenvalue weighted by Gasteiger charge is 2.28. The fourth-order valence-electron chi connectivity index (χ4n) is 2.34. The highest BCUT2D eigenvalue weighted by atomic mass is 32.2. The van der Waals surface area contributed by atoms with Crippen molar-refractivity contribution in [2.75, 3.05) is 18.8 Å². The maximum Gasteiger partial charge on any atom is 0.347 e. The summed E-state index contributed by atoms with van der Waals surface area (Å²) in [5, 5.41) is 12.3. The molecule has 1 aliphatic rings. The number of hydrogen-bond donors (Lipinski definition) is 2. The molecule has 1 aromatic heterocycles. The molecule has 0 radical (unpaired) electrons. The van der Waals surface area contributed by atoms with E-state index in [0.29, 0.717) is 23.7 Å². The van der Waals surface area contributed by atoms with Crippen LogP contribution in [0.25, 0.3) is 0 Å². The van der Waals surface area contributed by atoms with Gasteiger partial charge in [0, 0.05) is 19.5 Å². The zero-order valence-electron chi connectivity index (χ0n) is 12.9. The lowest BCUT2D eigenvalue weighted by Gasteiger charge is -2.15. The highest BCUT2D eigenvalue weighted by molar-refractivity contribution is 7.89. The minimum atomic E-state index is -3.20. The molecule has 2 N–H and O–H groups in total. The first kappa shape index (κ1) is 17.8. The second kappa shape index (κ2) is 6.93. The van der Waals surface area contributed by atoms with Crippen LogP contribution in [-0.2, 0) is 14.8 Å². The van der Waals surface area contributed by atoms with E-state index in [1.54, 1.807) is 13.8 Å². The Morgan fingerprint density at radius 1 is 1.48 bits per heavy atom. The lowest BCUT2D eigenvalue weighted by molar-refractivity contribution is -0.121. The maximum absolute atomic E-state index is 11.9. The Kier molecular flexibility index (Phi) is 5.37. The van der Waals surface area contributed by atoms with Crippen molar-refractivity contribution in [3.8, 4) is 0 Å². The van der Waals surface area contributed by atoms with E-state index in [4.69, 9.17) is 5.11 Å². The third-order valence-corrected chi connectivity index (χ3v) is 6.83. The predicted molar refractivity (Wildman–Crippen MR) is 85.0 cm³/mol. The van der Waals surface area contributed by atoms with Crippen molar-refractivity contribution in [1.82, 2.24) is 14.6 Å². The van der Waals surface area contributed by atoms with Crippen LogP contribution in [0, 0.1) is 6.92 Å². The predicted octanol–water partition coefficient (Wildman–Crippen LogP) is 0.753. The largest absolute Gasteiger partial charge is 0.477 e. The molecule has 1 aromatic rings. The highest BCUT2D eigenvalue weighted by Crippen LogP contribution is 2.23. The number of carboxylic acids is 1. The van der Waals surface area contributed by atoms with Crippen LogP contribution in [0.4, 0.5) is 0 Å². The number of sulfonamides is 1. The number of aromatic carboxylic acids is 1. The molecular weight excluding hydrogens is 342 g/mol. The average Bonchev–Trinajstić information content (AvgIpc) is 2.99. The third kappa shape index (κ3) is 4.27. The lowest BCUT2D eigenvalue weighted by Crippen LogP contribution is -2.33. The van der Waals surface area contributed by atoms with Gasteiger partial charge in [-0.2, -0.15) is 0 Å². The molecule has 1 fully saturated rings. The molecule has 0 aliphatic carbocycles. The molecule has 0 bridgehead atoms. The Morgan fingerprint density at radius 3 is 2.70 bits per heavy atom. The number of carboxylic acid groups (broad SMARTS) is 1. The third-order valence-electron chi connectivity index (χ3n) is 3.55. The number of thiazole rings is 1. The number of nitrogens with one attached hydrogen (secondary N) is 1. The monoisotopic (exact) mass is 361 g/mol. The second-order valence-corrected chi connectivity index (χ2v) is 8.50. The van der Waals surface area contributed by atoms with Gasteiger partial charge in [-0.1, -0.05) is 0 Å². The molecule has 1 aliphatic heterocycles. The van der Waals surface area contributed by atoms with Gasteiger partial charge in [-0.25, -0.2) is 22.5 Å². The van der Waals surface area contributed by atoms with Gasteiger partial charge in [-0.15, -0.1) is 11.3 Å². The number of aromatic nitrogens is 1. The van der Waals surface area contributed by atoms with Crippen LogP contribution in [0.5, 0.6) is 0 Å². The molecule has 23 heavy (non-hydrogen) atoms. The van der Waals surface area contributed by atoms with Gasteiger partial charge in [-0.05, 0) is 20.3 Å².